The van der Waals surface area contributed by atoms with Gasteiger partial charge in [-0.1, -0.05) is 60.7 Å². The second-order valence-electron chi connectivity index (χ2n) is 4.67. The minimum atomic E-state index is -1.13. The predicted molar refractivity (Wildman–Crippen MR) is 77.1 cm³/mol. The fourth-order valence-corrected chi connectivity index (χ4v) is 2.40. The number of carbonyl (C=O) groups is 1. The molecule has 0 saturated carbocycles. The smallest absolute Gasteiger partial charge is 0.137 e. The molecule has 2 aromatic carbocycles. The fourth-order valence-electron chi connectivity index (χ4n) is 2.40. The summed E-state index contributed by atoms with van der Waals surface area (Å²) in [5, 5.41) is 11.4. The zero-order chi connectivity index (χ0) is 14.4. The number of carboxylic acid groups (broad SMARTS) is 1. The van der Waals surface area contributed by atoms with Gasteiger partial charge in [0.05, 0.1) is 6.04 Å². The first-order valence-electron chi connectivity index (χ1n) is 6.79. The van der Waals surface area contributed by atoms with Crippen molar-refractivity contribution >= 4 is 6.09 Å². The minimum absolute atomic E-state index is 0.214. The van der Waals surface area contributed by atoms with Crippen molar-refractivity contribution in [3.05, 3.63) is 71.8 Å². The molecule has 0 saturated heterocycles. The third-order valence-electron chi connectivity index (χ3n) is 3.41. The molecular formula is C17H18NO2-. The zero-order valence-electron chi connectivity index (χ0n) is 11.5. The Morgan fingerprint density at radius 1 is 1.05 bits per heavy atom. The van der Waals surface area contributed by atoms with E-state index in [1.54, 1.807) is 0 Å². The molecule has 0 aliphatic rings. The van der Waals surface area contributed by atoms with Gasteiger partial charge in [0.15, 0.2) is 0 Å². The van der Waals surface area contributed by atoms with Gasteiger partial charge in [-0.3, -0.25) is 0 Å². The van der Waals surface area contributed by atoms with E-state index in [0.717, 1.165) is 11.1 Å². The Labute approximate surface area is 119 Å². The highest BCUT2D eigenvalue weighted by atomic mass is 16.4. The van der Waals surface area contributed by atoms with Gasteiger partial charge in [-0.2, -0.15) is 0 Å². The van der Waals surface area contributed by atoms with Crippen molar-refractivity contribution in [2.24, 2.45) is 0 Å². The average molecular weight is 268 g/mol. The van der Waals surface area contributed by atoms with Gasteiger partial charge in [-0.25, -0.2) is 0 Å². The first-order chi connectivity index (χ1) is 9.72. The van der Waals surface area contributed by atoms with Gasteiger partial charge in [0.1, 0.15) is 6.09 Å². The molecule has 104 valence electrons. The Bertz CT molecular complexity index is 539. The molecule has 0 radical (unpaired) electrons. The highest BCUT2D eigenvalue weighted by Gasteiger charge is 2.19. The van der Waals surface area contributed by atoms with E-state index < -0.39 is 6.09 Å². The maximum absolute atomic E-state index is 11.4. The Balaban J connectivity index is 2.31. The molecule has 1 amide bonds. The summed E-state index contributed by atoms with van der Waals surface area (Å²) in [5.41, 5.74) is 2.10. The number of benzene rings is 2. The molecule has 1 unspecified atom stereocenters. The van der Waals surface area contributed by atoms with Gasteiger partial charge < -0.3 is 14.8 Å². The number of rotatable bonds is 5. The molecule has 0 fully saturated rings. The van der Waals surface area contributed by atoms with Crippen molar-refractivity contribution in [2.45, 2.75) is 19.4 Å². The highest BCUT2D eigenvalue weighted by molar-refractivity contribution is 5.63. The van der Waals surface area contributed by atoms with Crippen LogP contribution in [0.2, 0.25) is 0 Å². The summed E-state index contributed by atoms with van der Waals surface area (Å²) in [6.07, 6.45) is -0.482. The van der Waals surface area contributed by atoms with E-state index in [-0.39, 0.29) is 6.04 Å². The van der Waals surface area contributed by atoms with Gasteiger partial charge in [0.2, 0.25) is 0 Å². The van der Waals surface area contributed by atoms with Crippen molar-refractivity contribution in [2.75, 3.05) is 6.54 Å². The SMILES string of the molecule is CCN(C(=O)[O-])C(Cc1ccccc1)c1ccccc1. The summed E-state index contributed by atoms with van der Waals surface area (Å²) >= 11 is 0. The normalized spacial score (nSPS) is 11.8. The van der Waals surface area contributed by atoms with Gasteiger partial charge in [0, 0.05) is 6.54 Å². The van der Waals surface area contributed by atoms with Crippen LogP contribution < -0.4 is 5.11 Å². The molecule has 0 N–H and O–H groups in total. The molecule has 0 aromatic heterocycles. The molecule has 3 heteroatoms. The van der Waals surface area contributed by atoms with Crippen LogP contribution in [-0.2, 0) is 6.42 Å². The lowest BCUT2D eigenvalue weighted by atomic mass is 9.97. The third kappa shape index (κ3) is 3.38. The van der Waals surface area contributed by atoms with Gasteiger partial charge >= 0.3 is 0 Å². The second-order valence-corrected chi connectivity index (χ2v) is 4.67. The lowest BCUT2D eigenvalue weighted by molar-refractivity contribution is -0.268. The molecule has 2 aromatic rings. The van der Waals surface area contributed by atoms with Crippen LogP contribution in [0.3, 0.4) is 0 Å². The van der Waals surface area contributed by atoms with Crippen LogP contribution in [0.4, 0.5) is 4.79 Å². The minimum Gasteiger partial charge on any atom is -0.530 e. The van der Waals surface area contributed by atoms with Crippen molar-refractivity contribution in [1.29, 1.82) is 0 Å². The summed E-state index contributed by atoms with van der Waals surface area (Å²) in [6.45, 7) is 2.24. The Hall–Kier alpha value is -2.29. The molecule has 0 aliphatic carbocycles. The number of likely N-dealkylation sites (N-methyl/N-ethyl adjacent to an activating group) is 1. The quantitative estimate of drug-likeness (QED) is 0.836. The van der Waals surface area contributed by atoms with E-state index in [4.69, 9.17) is 0 Å². The van der Waals surface area contributed by atoms with Crippen molar-refractivity contribution in [3.63, 3.8) is 0 Å². The van der Waals surface area contributed by atoms with Crippen LogP contribution in [0.5, 0.6) is 0 Å². The monoisotopic (exact) mass is 268 g/mol. The molecule has 0 bridgehead atoms. The highest BCUT2D eigenvalue weighted by Crippen LogP contribution is 2.24. The van der Waals surface area contributed by atoms with Crippen molar-refractivity contribution in [1.82, 2.24) is 4.90 Å². The van der Waals surface area contributed by atoms with Crippen LogP contribution >= 0.6 is 0 Å². The van der Waals surface area contributed by atoms with E-state index in [0.29, 0.717) is 13.0 Å². The lowest BCUT2D eigenvalue weighted by Gasteiger charge is -2.33. The maximum atomic E-state index is 11.4. The number of hydrogen-bond donors (Lipinski definition) is 0. The number of amides is 1. The van der Waals surface area contributed by atoms with Gasteiger partial charge in [-0.05, 0) is 24.5 Å². The topological polar surface area (TPSA) is 43.4 Å². The van der Waals surface area contributed by atoms with Gasteiger partial charge in [0.25, 0.3) is 0 Å². The Kier molecular flexibility index (Phi) is 4.77. The van der Waals surface area contributed by atoms with Gasteiger partial charge in [-0.15, -0.1) is 0 Å². The van der Waals surface area contributed by atoms with Crippen LogP contribution in [0.15, 0.2) is 60.7 Å². The van der Waals surface area contributed by atoms with Crippen molar-refractivity contribution < 1.29 is 9.90 Å². The second kappa shape index (κ2) is 6.75. The van der Waals surface area contributed by atoms with E-state index in [9.17, 15) is 9.90 Å². The fraction of sp³-hybridized carbons (Fsp3) is 0.235. The molecule has 20 heavy (non-hydrogen) atoms. The molecule has 0 heterocycles. The third-order valence-corrected chi connectivity index (χ3v) is 3.41. The first kappa shape index (κ1) is 14.1. The van der Waals surface area contributed by atoms with E-state index in [2.05, 4.69) is 0 Å². The predicted octanol–water partition coefficient (Wildman–Crippen LogP) is 2.64. The van der Waals surface area contributed by atoms with Crippen LogP contribution in [-0.4, -0.2) is 17.5 Å². The molecule has 3 nitrogen and oxygen atoms in total. The summed E-state index contributed by atoms with van der Waals surface area (Å²) in [5.74, 6) is 0. The van der Waals surface area contributed by atoms with Crippen molar-refractivity contribution in [3.8, 4) is 0 Å². The van der Waals surface area contributed by atoms with E-state index in [1.807, 2.05) is 67.6 Å². The zero-order valence-corrected chi connectivity index (χ0v) is 11.5. The number of hydrogen-bond acceptors (Lipinski definition) is 2. The molecule has 2 rings (SSSR count). The first-order valence-corrected chi connectivity index (χ1v) is 6.79. The van der Waals surface area contributed by atoms with Crippen LogP contribution in [0.1, 0.15) is 24.1 Å². The largest absolute Gasteiger partial charge is 0.530 e. The molecule has 1 atom stereocenters. The molecule has 0 aliphatic heterocycles. The van der Waals surface area contributed by atoms with Crippen LogP contribution in [0, 0.1) is 0 Å². The summed E-state index contributed by atoms with van der Waals surface area (Å²) < 4.78 is 0. The molecular weight excluding hydrogens is 250 g/mol. The van der Waals surface area contributed by atoms with E-state index >= 15 is 0 Å². The Morgan fingerprint density at radius 3 is 2.10 bits per heavy atom. The van der Waals surface area contributed by atoms with E-state index in [1.165, 1.54) is 4.90 Å². The number of nitrogens with zero attached hydrogens (tertiary/aromatic N) is 1. The average Bonchev–Trinajstić information content (AvgIpc) is 2.48. The summed E-state index contributed by atoms with van der Waals surface area (Å²) in [4.78, 5) is 12.7. The molecule has 0 spiro atoms. The number of carbonyl (C=O) groups excluding carboxylic acids is 1. The van der Waals surface area contributed by atoms with Crippen LogP contribution in [0.25, 0.3) is 0 Å². The standard InChI is InChI=1S/C17H19NO2/c1-2-18(17(19)20)16(15-11-7-4-8-12-15)13-14-9-5-3-6-10-14/h3-12,16H,2,13H2,1H3,(H,19,20)/p-1. The lowest BCUT2D eigenvalue weighted by Crippen LogP contribution is -2.44. The summed E-state index contributed by atoms with van der Waals surface area (Å²) in [7, 11) is 0. The maximum Gasteiger partial charge on any atom is 0.137 e. The Morgan fingerprint density at radius 2 is 1.60 bits per heavy atom. The summed E-state index contributed by atoms with van der Waals surface area (Å²) in [6, 6.07) is 19.4.